The lowest BCUT2D eigenvalue weighted by Crippen LogP contribution is -2.55. The fraction of sp³-hybridized carbons (Fsp3) is 0.250. The van der Waals surface area contributed by atoms with Crippen molar-refractivity contribution in [2.75, 3.05) is 38.7 Å². The van der Waals surface area contributed by atoms with Crippen molar-refractivity contribution in [2.24, 2.45) is 0 Å². The molecule has 34 heavy (non-hydrogen) atoms. The smallest absolute Gasteiger partial charge is 0.324 e. The molecule has 3 aromatic heterocycles. The number of carbonyl (C=O) groups excluding carboxylic acids is 1. The quantitative estimate of drug-likeness (QED) is 0.445. The van der Waals surface area contributed by atoms with Gasteiger partial charge in [-0.3, -0.25) is 19.8 Å². The second-order valence-corrected chi connectivity index (χ2v) is 8.61. The van der Waals surface area contributed by atoms with Crippen molar-refractivity contribution in [1.82, 2.24) is 25.1 Å². The summed E-state index contributed by atoms with van der Waals surface area (Å²) in [7, 11) is 3.31. The molecule has 0 aliphatic carbocycles. The van der Waals surface area contributed by atoms with Crippen LogP contribution in [0.2, 0.25) is 5.02 Å². The van der Waals surface area contributed by atoms with Gasteiger partial charge in [-0.2, -0.15) is 5.10 Å². The van der Waals surface area contributed by atoms with Gasteiger partial charge in [0, 0.05) is 35.8 Å². The van der Waals surface area contributed by atoms with Gasteiger partial charge in [0.05, 0.1) is 47.6 Å². The number of aromatic amines is 1. The predicted molar refractivity (Wildman–Crippen MR) is 128 cm³/mol. The second-order valence-electron chi connectivity index (χ2n) is 8.18. The Kier molecular flexibility index (Phi) is 5.89. The number of carbonyl (C=O) groups is 1. The van der Waals surface area contributed by atoms with E-state index in [0.717, 1.165) is 24.3 Å². The number of methoxy groups -OCH3 is 1. The van der Waals surface area contributed by atoms with Crippen molar-refractivity contribution in [1.29, 1.82) is 0 Å². The van der Waals surface area contributed by atoms with Gasteiger partial charge >= 0.3 is 5.97 Å². The molecule has 10 heteroatoms. The van der Waals surface area contributed by atoms with Crippen molar-refractivity contribution < 1.29 is 13.9 Å². The SMILES string of the molecule is COC(=O)[C@H]1CN(c2cnc3ccc(-c4cn[nH]c4-c4cc(Cl)ccc4F)nc3c2)CCN1C. The van der Waals surface area contributed by atoms with Gasteiger partial charge in [-0.25, -0.2) is 9.37 Å². The molecule has 1 aliphatic heterocycles. The van der Waals surface area contributed by atoms with E-state index in [4.69, 9.17) is 21.3 Å². The molecule has 8 nitrogen and oxygen atoms in total. The number of anilines is 1. The molecule has 0 radical (unpaired) electrons. The molecule has 1 aromatic carbocycles. The molecule has 1 atom stereocenters. The first-order chi connectivity index (χ1) is 16.4. The molecule has 4 heterocycles. The maximum absolute atomic E-state index is 14.5. The third kappa shape index (κ3) is 4.08. The van der Waals surface area contributed by atoms with Crippen molar-refractivity contribution >= 4 is 34.3 Å². The summed E-state index contributed by atoms with van der Waals surface area (Å²) in [5.74, 6) is -0.669. The number of nitrogens with one attached hydrogen (secondary N) is 1. The average molecular weight is 481 g/mol. The number of fused-ring (bicyclic) bond motifs is 1. The van der Waals surface area contributed by atoms with Crippen molar-refractivity contribution in [3.05, 3.63) is 59.6 Å². The molecule has 174 valence electrons. The topological polar surface area (TPSA) is 87.2 Å². The molecule has 1 aliphatic rings. The third-order valence-corrected chi connectivity index (χ3v) is 6.36. The highest BCUT2D eigenvalue weighted by Crippen LogP contribution is 2.33. The average Bonchev–Trinajstić information content (AvgIpc) is 3.34. The van der Waals surface area contributed by atoms with E-state index >= 15 is 0 Å². The van der Waals surface area contributed by atoms with E-state index in [0.29, 0.717) is 39.6 Å². The number of esters is 1. The summed E-state index contributed by atoms with van der Waals surface area (Å²) in [5.41, 5.74) is 4.37. The highest BCUT2D eigenvalue weighted by Gasteiger charge is 2.31. The molecule has 4 aromatic rings. The van der Waals surface area contributed by atoms with Crippen LogP contribution in [-0.4, -0.2) is 70.9 Å². The number of likely N-dealkylation sites (N-methyl/N-ethyl adjacent to an activating group) is 1. The second kappa shape index (κ2) is 9.00. The third-order valence-electron chi connectivity index (χ3n) is 6.12. The summed E-state index contributed by atoms with van der Waals surface area (Å²) in [5, 5.41) is 7.40. The minimum Gasteiger partial charge on any atom is -0.468 e. The normalized spacial score (nSPS) is 16.7. The van der Waals surface area contributed by atoms with Gasteiger partial charge in [0.25, 0.3) is 0 Å². The number of nitrogens with zero attached hydrogens (tertiary/aromatic N) is 5. The first kappa shape index (κ1) is 22.2. The lowest BCUT2D eigenvalue weighted by Gasteiger charge is -2.38. The number of halogens is 2. The number of benzene rings is 1. The van der Waals surface area contributed by atoms with Crippen LogP contribution >= 0.6 is 11.6 Å². The molecular formula is C24H22ClFN6O2. The number of hydrogen-bond acceptors (Lipinski definition) is 7. The fourth-order valence-corrected chi connectivity index (χ4v) is 4.36. The number of pyridine rings is 2. The summed E-state index contributed by atoms with van der Waals surface area (Å²) in [4.78, 5) is 25.6. The molecular weight excluding hydrogens is 459 g/mol. The first-order valence-corrected chi connectivity index (χ1v) is 11.1. The van der Waals surface area contributed by atoms with E-state index in [1.807, 2.05) is 30.1 Å². The summed E-state index contributed by atoms with van der Waals surface area (Å²) in [6, 6.07) is 9.67. The van der Waals surface area contributed by atoms with E-state index < -0.39 is 5.82 Å². The molecule has 0 bridgehead atoms. The maximum Gasteiger partial charge on any atom is 0.324 e. The number of H-pyrrole nitrogens is 1. The molecule has 1 saturated heterocycles. The summed E-state index contributed by atoms with van der Waals surface area (Å²) >= 11 is 6.09. The first-order valence-electron chi connectivity index (χ1n) is 10.7. The van der Waals surface area contributed by atoms with Gasteiger partial charge in [-0.1, -0.05) is 11.6 Å². The minimum atomic E-state index is -0.408. The van der Waals surface area contributed by atoms with Gasteiger partial charge in [-0.15, -0.1) is 0 Å². The molecule has 0 amide bonds. The Morgan fingerprint density at radius 2 is 2.00 bits per heavy atom. The Bertz CT molecular complexity index is 1380. The van der Waals surface area contributed by atoms with Crippen LogP contribution in [0.4, 0.5) is 10.1 Å². The van der Waals surface area contributed by atoms with Crippen LogP contribution in [0.15, 0.2) is 48.8 Å². The molecule has 0 spiro atoms. The van der Waals surface area contributed by atoms with Gasteiger partial charge in [0.1, 0.15) is 11.9 Å². The van der Waals surface area contributed by atoms with E-state index in [1.54, 1.807) is 18.5 Å². The lowest BCUT2D eigenvalue weighted by atomic mass is 10.0. The summed E-state index contributed by atoms with van der Waals surface area (Å²) in [6.45, 7) is 1.96. The fourth-order valence-electron chi connectivity index (χ4n) is 4.19. The molecule has 1 N–H and O–H groups in total. The minimum absolute atomic E-state index is 0.262. The Labute approximate surface area is 200 Å². The predicted octanol–water partition coefficient (Wildman–Crippen LogP) is 3.77. The Morgan fingerprint density at radius 1 is 1.15 bits per heavy atom. The molecule has 5 rings (SSSR count). The number of aromatic nitrogens is 4. The zero-order valence-electron chi connectivity index (χ0n) is 18.6. The maximum atomic E-state index is 14.5. The van der Waals surface area contributed by atoms with Crippen LogP contribution in [0.5, 0.6) is 0 Å². The van der Waals surface area contributed by atoms with Crippen LogP contribution in [-0.2, 0) is 9.53 Å². The van der Waals surface area contributed by atoms with Gasteiger partial charge < -0.3 is 9.64 Å². The van der Waals surface area contributed by atoms with Crippen LogP contribution < -0.4 is 4.90 Å². The number of piperazine rings is 1. The van der Waals surface area contributed by atoms with E-state index in [2.05, 4.69) is 20.1 Å². The standard InChI is InChI=1S/C24H22ClFN6O2/c1-31-7-8-32(13-22(31)24(33)34-2)15-10-21-20(27-11-15)6-5-19(29-21)17-12-28-30-23(17)16-9-14(25)3-4-18(16)26/h3-6,9-12,22H,7-8,13H2,1-2H3,(H,28,30)/t22-/m1/s1. The molecule has 0 saturated carbocycles. The van der Waals surface area contributed by atoms with Crippen molar-refractivity contribution in [3.63, 3.8) is 0 Å². The Balaban J connectivity index is 1.50. The van der Waals surface area contributed by atoms with E-state index in [1.165, 1.54) is 19.2 Å². The Morgan fingerprint density at radius 3 is 2.82 bits per heavy atom. The van der Waals surface area contributed by atoms with E-state index in [-0.39, 0.29) is 12.0 Å². The number of ether oxygens (including phenoxy) is 1. The van der Waals surface area contributed by atoms with Crippen LogP contribution in [0, 0.1) is 5.82 Å². The highest BCUT2D eigenvalue weighted by molar-refractivity contribution is 6.30. The Hall–Kier alpha value is -3.56. The summed E-state index contributed by atoms with van der Waals surface area (Å²) < 4.78 is 19.5. The number of hydrogen-bond donors (Lipinski definition) is 1. The van der Waals surface area contributed by atoms with Gasteiger partial charge in [-0.05, 0) is 43.4 Å². The molecule has 1 fully saturated rings. The van der Waals surface area contributed by atoms with Crippen molar-refractivity contribution in [2.45, 2.75) is 6.04 Å². The van der Waals surface area contributed by atoms with Gasteiger partial charge in [0.2, 0.25) is 0 Å². The van der Waals surface area contributed by atoms with Crippen molar-refractivity contribution in [3.8, 4) is 22.5 Å². The monoisotopic (exact) mass is 480 g/mol. The lowest BCUT2D eigenvalue weighted by molar-refractivity contribution is -0.146. The highest BCUT2D eigenvalue weighted by atomic mass is 35.5. The number of rotatable bonds is 4. The van der Waals surface area contributed by atoms with Crippen LogP contribution in [0.3, 0.4) is 0 Å². The van der Waals surface area contributed by atoms with Crippen LogP contribution in [0.1, 0.15) is 0 Å². The van der Waals surface area contributed by atoms with Gasteiger partial charge in [0.15, 0.2) is 0 Å². The zero-order chi connectivity index (χ0) is 23.8. The largest absolute Gasteiger partial charge is 0.468 e. The zero-order valence-corrected chi connectivity index (χ0v) is 19.4. The molecule has 0 unspecified atom stereocenters. The van der Waals surface area contributed by atoms with E-state index in [9.17, 15) is 9.18 Å². The summed E-state index contributed by atoms with van der Waals surface area (Å²) in [6.07, 6.45) is 3.40. The van der Waals surface area contributed by atoms with Crippen LogP contribution in [0.25, 0.3) is 33.5 Å².